The van der Waals surface area contributed by atoms with Gasteiger partial charge in [0.15, 0.2) is 5.65 Å². The van der Waals surface area contributed by atoms with Crippen LogP contribution in [0.25, 0.3) is 5.65 Å². The fourth-order valence-electron chi connectivity index (χ4n) is 2.15. The molecule has 3 rings (SSSR count). The maximum atomic E-state index is 12.7. The lowest BCUT2D eigenvalue weighted by atomic mass is 10.0. The summed E-state index contributed by atoms with van der Waals surface area (Å²) in [6.45, 7) is 0. The zero-order valence-corrected chi connectivity index (χ0v) is 10.1. The third-order valence-corrected chi connectivity index (χ3v) is 3.10. The molecule has 2 heterocycles. The number of alkyl halides is 2. The van der Waals surface area contributed by atoms with Crippen molar-refractivity contribution in [2.24, 2.45) is 0 Å². The number of nitrogens with one attached hydrogen (secondary N) is 1. The van der Waals surface area contributed by atoms with E-state index in [1.807, 2.05) is 0 Å². The van der Waals surface area contributed by atoms with Gasteiger partial charge in [0.05, 0.1) is 0 Å². The molecule has 100 valence electrons. The van der Waals surface area contributed by atoms with E-state index in [1.54, 1.807) is 12.1 Å². The van der Waals surface area contributed by atoms with Crippen LogP contribution in [0.3, 0.4) is 0 Å². The molecule has 1 aliphatic rings. The van der Waals surface area contributed by atoms with Gasteiger partial charge >= 0.3 is 0 Å². The molecule has 7 heteroatoms. The van der Waals surface area contributed by atoms with Gasteiger partial charge in [-0.15, -0.1) is 15.3 Å². The Bertz CT molecular complexity index is 607. The van der Waals surface area contributed by atoms with Crippen LogP contribution >= 0.6 is 0 Å². The Kier molecular flexibility index (Phi) is 3.10. The first-order chi connectivity index (χ1) is 9.24. The largest absolute Gasteiger partial charge is 0.366 e. The van der Waals surface area contributed by atoms with Crippen LogP contribution in [-0.4, -0.2) is 25.9 Å². The predicted octanol–water partition coefficient (Wildman–Crippen LogP) is 2.58. The summed E-state index contributed by atoms with van der Waals surface area (Å²) < 4.78 is 26.5. The highest BCUT2D eigenvalue weighted by Crippen LogP contribution is 2.19. The standard InChI is InChI=1S/C12H13F2N5/c13-11(14)12-17-16-10-7-6-9(18-19(10)12)15-8-4-2-1-3-5-8/h1-2,6-8,11H,3-5H2,(H,15,18). The molecule has 19 heavy (non-hydrogen) atoms. The minimum absolute atomic E-state index is 0.293. The van der Waals surface area contributed by atoms with Crippen molar-refractivity contribution >= 4 is 11.5 Å². The summed E-state index contributed by atoms with van der Waals surface area (Å²) in [5.41, 5.74) is 0.324. The highest BCUT2D eigenvalue weighted by atomic mass is 19.3. The second-order valence-corrected chi connectivity index (χ2v) is 4.47. The van der Waals surface area contributed by atoms with Gasteiger partial charge in [-0.3, -0.25) is 0 Å². The van der Waals surface area contributed by atoms with E-state index >= 15 is 0 Å². The lowest BCUT2D eigenvalue weighted by molar-refractivity contribution is 0.137. The third-order valence-electron chi connectivity index (χ3n) is 3.10. The zero-order chi connectivity index (χ0) is 13.2. The Labute approximate surface area is 108 Å². The summed E-state index contributed by atoms with van der Waals surface area (Å²) in [7, 11) is 0. The van der Waals surface area contributed by atoms with Crippen molar-refractivity contribution in [2.45, 2.75) is 31.7 Å². The predicted molar refractivity (Wildman–Crippen MR) is 66.1 cm³/mol. The van der Waals surface area contributed by atoms with E-state index in [9.17, 15) is 8.78 Å². The van der Waals surface area contributed by atoms with Crippen molar-refractivity contribution in [1.29, 1.82) is 0 Å². The Morgan fingerprint density at radius 3 is 2.89 bits per heavy atom. The maximum Gasteiger partial charge on any atom is 0.299 e. The van der Waals surface area contributed by atoms with Crippen molar-refractivity contribution in [3.05, 3.63) is 30.1 Å². The third kappa shape index (κ3) is 2.40. The van der Waals surface area contributed by atoms with Gasteiger partial charge in [-0.05, 0) is 31.4 Å². The van der Waals surface area contributed by atoms with Gasteiger partial charge in [0.1, 0.15) is 5.82 Å². The average molecular weight is 265 g/mol. The number of allylic oxidation sites excluding steroid dienone is 1. The van der Waals surface area contributed by atoms with Crippen LogP contribution < -0.4 is 5.32 Å². The van der Waals surface area contributed by atoms with Crippen LogP contribution in [-0.2, 0) is 0 Å². The van der Waals surface area contributed by atoms with Crippen molar-refractivity contribution < 1.29 is 8.78 Å². The van der Waals surface area contributed by atoms with Crippen LogP contribution in [0.15, 0.2) is 24.3 Å². The molecule has 1 aliphatic carbocycles. The lowest BCUT2D eigenvalue weighted by Crippen LogP contribution is -2.21. The molecule has 0 spiro atoms. The number of hydrogen-bond donors (Lipinski definition) is 1. The van der Waals surface area contributed by atoms with Gasteiger partial charge in [0.2, 0.25) is 5.82 Å². The number of aromatic nitrogens is 4. The molecule has 5 nitrogen and oxygen atoms in total. The first kappa shape index (κ1) is 12.0. The van der Waals surface area contributed by atoms with Crippen LogP contribution in [0, 0.1) is 0 Å². The van der Waals surface area contributed by atoms with Gasteiger partial charge in [0, 0.05) is 6.04 Å². The number of rotatable bonds is 3. The Morgan fingerprint density at radius 1 is 1.26 bits per heavy atom. The van der Waals surface area contributed by atoms with Crippen molar-refractivity contribution in [3.8, 4) is 0 Å². The van der Waals surface area contributed by atoms with E-state index < -0.39 is 12.2 Å². The van der Waals surface area contributed by atoms with E-state index in [0.29, 0.717) is 17.5 Å². The number of anilines is 1. The number of hydrogen-bond acceptors (Lipinski definition) is 4. The van der Waals surface area contributed by atoms with Gasteiger partial charge in [-0.25, -0.2) is 8.78 Å². The van der Waals surface area contributed by atoms with Gasteiger partial charge in [-0.2, -0.15) is 4.52 Å². The number of halogens is 2. The highest BCUT2D eigenvalue weighted by Gasteiger charge is 2.17. The number of fused-ring (bicyclic) bond motifs is 1. The van der Waals surface area contributed by atoms with Crippen molar-refractivity contribution in [3.63, 3.8) is 0 Å². The SMILES string of the molecule is FC(F)c1nnc2ccc(NC3CC=CCC3)nn12. The molecule has 0 bridgehead atoms. The molecule has 2 aromatic rings. The minimum atomic E-state index is -2.68. The quantitative estimate of drug-likeness (QED) is 0.867. The zero-order valence-electron chi connectivity index (χ0n) is 10.1. The molecular formula is C12H13F2N5. The molecule has 0 aliphatic heterocycles. The van der Waals surface area contributed by atoms with E-state index in [1.165, 1.54) is 0 Å². The summed E-state index contributed by atoms with van der Waals surface area (Å²) in [5.74, 6) is 0.136. The Balaban J connectivity index is 1.87. The number of nitrogens with zero attached hydrogens (tertiary/aromatic N) is 4. The first-order valence-electron chi connectivity index (χ1n) is 6.16. The molecule has 0 radical (unpaired) electrons. The highest BCUT2D eigenvalue weighted by molar-refractivity contribution is 5.44. The second-order valence-electron chi connectivity index (χ2n) is 4.47. The van der Waals surface area contributed by atoms with E-state index in [-0.39, 0.29) is 0 Å². The molecule has 1 atom stereocenters. The van der Waals surface area contributed by atoms with Crippen LogP contribution in [0.1, 0.15) is 31.5 Å². The summed E-state index contributed by atoms with van der Waals surface area (Å²) in [6, 6.07) is 3.66. The molecule has 0 aromatic carbocycles. The Morgan fingerprint density at radius 2 is 2.16 bits per heavy atom. The maximum absolute atomic E-state index is 12.7. The molecule has 1 unspecified atom stereocenters. The fraction of sp³-hybridized carbons (Fsp3) is 0.417. The van der Waals surface area contributed by atoms with E-state index in [2.05, 4.69) is 32.8 Å². The summed E-state index contributed by atoms with van der Waals surface area (Å²) >= 11 is 0. The Hall–Kier alpha value is -2.05. The molecule has 0 saturated heterocycles. The monoisotopic (exact) mass is 265 g/mol. The molecular weight excluding hydrogens is 252 g/mol. The smallest absolute Gasteiger partial charge is 0.299 e. The van der Waals surface area contributed by atoms with E-state index in [0.717, 1.165) is 23.8 Å². The normalized spacial score (nSPS) is 19.2. The first-order valence-corrected chi connectivity index (χ1v) is 6.16. The van der Waals surface area contributed by atoms with Crippen LogP contribution in [0.2, 0.25) is 0 Å². The van der Waals surface area contributed by atoms with E-state index in [4.69, 9.17) is 0 Å². The molecule has 0 saturated carbocycles. The molecule has 0 fully saturated rings. The van der Waals surface area contributed by atoms with Crippen molar-refractivity contribution in [2.75, 3.05) is 5.32 Å². The fourth-order valence-corrected chi connectivity index (χ4v) is 2.15. The second kappa shape index (κ2) is 4.91. The van der Waals surface area contributed by atoms with Crippen LogP contribution in [0.5, 0.6) is 0 Å². The summed E-state index contributed by atoms with van der Waals surface area (Å²) in [4.78, 5) is 0. The van der Waals surface area contributed by atoms with Crippen molar-refractivity contribution in [1.82, 2.24) is 19.8 Å². The molecule has 1 N–H and O–H groups in total. The van der Waals surface area contributed by atoms with Gasteiger partial charge < -0.3 is 5.32 Å². The molecule has 0 amide bonds. The topological polar surface area (TPSA) is 55.1 Å². The lowest BCUT2D eigenvalue weighted by Gasteiger charge is -2.19. The summed E-state index contributed by atoms with van der Waals surface area (Å²) in [6.07, 6.45) is 4.53. The summed E-state index contributed by atoms with van der Waals surface area (Å²) in [5, 5.41) is 14.5. The van der Waals surface area contributed by atoms with Gasteiger partial charge in [-0.1, -0.05) is 12.2 Å². The van der Waals surface area contributed by atoms with Gasteiger partial charge in [0.25, 0.3) is 6.43 Å². The minimum Gasteiger partial charge on any atom is -0.366 e. The average Bonchev–Trinajstić information content (AvgIpc) is 2.83. The molecule has 2 aromatic heterocycles. The van der Waals surface area contributed by atoms with Crippen LogP contribution in [0.4, 0.5) is 14.6 Å².